The van der Waals surface area contributed by atoms with Crippen molar-refractivity contribution in [2.24, 2.45) is 0 Å². The third-order valence-corrected chi connectivity index (χ3v) is 3.60. The summed E-state index contributed by atoms with van der Waals surface area (Å²) in [5.74, 6) is 0. The smallest absolute Gasteiger partial charge is 0.0781 e. The Labute approximate surface area is 182 Å². The van der Waals surface area contributed by atoms with Crippen molar-refractivity contribution in [2.75, 3.05) is 46.2 Å². The quantitative estimate of drug-likeness (QED) is 0.258. The van der Waals surface area contributed by atoms with Crippen LogP contribution < -0.4 is 0 Å². The van der Waals surface area contributed by atoms with E-state index in [0.717, 1.165) is 0 Å². The highest BCUT2D eigenvalue weighted by Crippen LogP contribution is 2.00. The van der Waals surface area contributed by atoms with E-state index in [4.69, 9.17) is 44.1 Å². The first-order valence-corrected chi connectivity index (χ1v) is 10.7. The molecule has 0 rings (SSSR count). The molecule has 0 saturated carbocycles. The van der Waals surface area contributed by atoms with Gasteiger partial charge in [0, 0.05) is 0 Å². The second kappa shape index (κ2) is 20.5. The number of ether oxygens (including phenoxy) is 5. The molecule has 0 spiro atoms. The van der Waals surface area contributed by atoms with E-state index in [1.807, 2.05) is 20.8 Å². The van der Waals surface area contributed by atoms with Crippen molar-refractivity contribution < 1.29 is 44.1 Å². The van der Waals surface area contributed by atoms with Crippen molar-refractivity contribution in [3.8, 4) is 0 Å². The molecule has 0 heterocycles. The molecule has 0 aromatic rings. The Bertz CT molecular complexity index is 355. The van der Waals surface area contributed by atoms with Crippen LogP contribution in [0, 0.1) is 0 Å². The van der Waals surface area contributed by atoms with Crippen LogP contribution in [-0.2, 0) is 23.7 Å². The molecule has 0 aromatic carbocycles. The van der Waals surface area contributed by atoms with Crippen LogP contribution >= 0.6 is 0 Å². The minimum absolute atomic E-state index is 0.0145. The minimum atomic E-state index is -0.455. The zero-order chi connectivity index (χ0) is 23.5. The molecule has 0 aromatic heterocycles. The van der Waals surface area contributed by atoms with Crippen LogP contribution in [0.15, 0.2) is 0 Å². The summed E-state index contributed by atoms with van der Waals surface area (Å²) in [4.78, 5) is 0. The van der Waals surface area contributed by atoms with Crippen LogP contribution in [0.4, 0.5) is 0 Å². The Hall–Kier alpha value is -0.360. The molecule has 30 heavy (non-hydrogen) atoms. The van der Waals surface area contributed by atoms with Gasteiger partial charge < -0.3 is 44.1 Å². The lowest BCUT2D eigenvalue weighted by Gasteiger charge is -2.19. The Balaban J connectivity index is 0. The Morgan fingerprint density at radius 2 is 0.667 bits per heavy atom. The average molecular weight is 443 g/mol. The predicted octanol–water partition coefficient (Wildman–Crippen LogP) is 0.745. The summed E-state index contributed by atoms with van der Waals surface area (Å²) in [5.41, 5.74) is 0. The number of hydrogen-bond acceptors (Lipinski definition) is 9. The average Bonchev–Trinajstić information content (AvgIpc) is 2.71. The van der Waals surface area contributed by atoms with Gasteiger partial charge in [0.05, 0.1) is 89.0 Å². The van der Waals surface area contributed by atoms with Gasteiger partial charge in [-0.05, 0) is 48.5 Å². The van der Waals surface area contributed by atoms with Gasteiger partial charge in [0.15, 0.2) is 0 Å². The summed E-state index contributed by atoms with van der Waals surface area (Å²) >= 11 is 0. The van der Waals surface area contributed by atoms with Crippen molar-refractivity contribution in [2.45, 2.75) is 91.2 Å². The van der Waals surface area contributed by atoms with Gasteiger partial charge in [-0.25, -0.2) is 0 Å². The zero-order valence-corrected chi connectivity index (χ0v) is 19.8. The van der Waals surface area contributed by atoms with E-state index in [1.165, 1.54) is 0 Å². The number of aliphatic hydroxyl groups excluding tert-OH is 4. The molecular weight excluding hydrogens is 396 g/mol. The maximum Gasteiger partial charge on any atom is 0.0781 e. The SMILES string of the molecule is CC(O)COC(C)COC(C)CO.CC(O)COC(C)COC(C)COC(C)CO. The van der Waals surface area contributed by atoms with E-state index >= 15 is 0 Å². The molecule has 0 aliphatic heterocycles. The minimum Gasteiger partial charge on any atom is -0.394 e. The van der Waals surface area contributed by atoms with Crippen LogP contribution in [0.2, 0.25) is 0 Å². The molecule has 0 bridgehead atoms. The molecule has 0 radical (unpaired) electrons. The van der Waals surface area contributed by atoms with E-state index in [1.54, 1.807) is 27.7 Å². The standard InChI is InChI=1S/C12H26O5.C9H20O4/c1-9(14)6-15-11(3)8-17-12(4)7-16-10(2)5-13;1-7(11)5-12-9(3)6-13-8(2)4-10/h9-14H,5-8H2,1-4H3;7-11H,4-6H2,1-3H3. The Kier molecular flexibility index (Phi) is 21.8. The van der Waals surface area contributed by atoms with Crippen LogP contribution in [0.3, 0.4) is 0 Å². The maximum absolute atomic E-state index is 9.04. The molecule has 184 valence electrons. The highest BCUT2D eigenvalue weighted by molar-refractivity contribution is 4.55. The van der Waals surface area contributed by atoms with E-state index < -0.39 is 12.2 Å². The largest absolute Gasteiger partial charge is 0.394 e. The molecule has 9 nitrogen and oxygen atoms in total. The second-order valence-electron chi connectivity index (χ2n) is 7.78. The van der Waals surface area contributed by atoms with E-state index in [-0.39, 0.29) is 43.7 Å². The summed E-state index contributed by atoms with van der Waals surface area (Å²) in [6.45, 7) is 14.6. The van der Waals surface area contributed by atoms with Gasteiger partial charge in [-0.15, -0.1) is 0 Å². The number of rotatable bonds is 17. The molecule has 7 atom stereocenters. The number of hydrogen-bond donors (Lipinski definition) is 4. The summed E-state index contributed by atoms with van der Waals surface area (Å²) < 4.78 is 26.7. The van der Waals surface area contributed by atoms with Crippen LogP contribution in [0.1, 0.15) is 48.5 Å². The highest BCUT2D eigenvalue weighted by Gasteiger charge is 2.10. The fourth-order valence-corrected chi connectivity index (χ4v) is 1.76. The van der Waals surface area contributed by atoms with Crippen molar-refractivity contribution in [1.82, 2.24) is 0 Å². The lowest BCUT2D eigenvalue weighted by molar-refractivity contribution is -0.0825. The van der Waals surface area contributed by atoms with Crippen LogP contribution in [0.25, 0.3) is 0 Å². The molecule has 0 fully saturated rings. The van der Waals surface area contributed by atoms with Crippen LogP contribution in [-0.4, -0.2) is 109 Å². The number of aliphatic hydroxyl groups is 4. The summed E-state index contributed by atoms with van der Waals surface area (Å²) in [6, 6.07) is 0. The fraction of sp³-hybridized carbons (Fsp3) is 1.00. The molecule has 0 aliphatic rings. The van der Waals surface area contributed by atoms with Crippen molar-refractivity contribution >= 4 is 0 Å². The molecular formula is C21H46O9. The van der Waals surface area contributed by atoms with Gasteiger partial charge in [0.25, 0.3) is 0 Å². The Morgan fingerprint density at radius 3 is 0.900 bits per heavy atom. The van der Waals surface area contributed by atoms with E-state index in [0.29, 0.717) is 33.0 Å². The second-order valence-corrected chi connectivity index (χ2v) is 7.78. The van der Waals surface area contributed by atoms with Crippen molar-refractivity contribution in [3.63, 3.8) is 0 Å². The molecule has 0 amide bonds. The summed E-state index contributed by atoms with van der Waals surface area (Å²) in [7, 11) is 0. The molecule has 0 saturated heterocycles. The lowest BCUT2D eigenvalue weighted by atomic mass is 10.3. The topological polar surface area (TPSA) is 127 Å². The predicted molar refractivity (Wildman–Crippen MR) is 115 cm³/mol. The van der Waals surface area contributed by atoms with Gasteiger partial charge in [-0.2, -0.15) is 0 Å². The first kappa shape index (κ1) is 31.8. The monoisotopic (exact) mass is 442 g/mol. The molecule has 0 aliphatic carbocycles. The van der Waals surface area contributed by atoms with Gasteiger partial charge >= 0.3 is 0 Å². The lowest BCUT2D eigenvalue weighted by Crippen LogP contribution is -2.27. The van der Waals surface area contributed by atoms with Gasteiger partial charge in [-0.3, -0.25) is 0 Å². The third kappa shape index (κ3) is 23.9. The normalized spacial score (nSPS) is 18.5. The van der Waals surface area contributed by atoms with E-state index in [9.17, 15) is 0 Å². The van der Waals surface area contributed by atoms with Crippen molar-refractivity contribution in [3.05, 3.63) is 0 Å². The van der Waals surface area contributed by atoms with E-state index in [2.05, 4.69) is 0 Å². The first-order valence-electron chi connectivity index (χ1n) is 10.7. The zero-order valence-electron chi connectivity index (χ0n) is 19.8. The van der Waals surface area contributed by atoms with Gasteiger partial charge in [-0.1, -0.05) is 0 Å². The van der Waals surface area contributed by atoms with Gasteiger partial charge in [0.2, 0.25) is 0 Å². The Morgan fingerprint density at radius 1 is 0.433 bits per heavy atom. The molecule has 9 heteroatoms. The maximum atomic E-state index is 9.04. The fourth-order valence-electron chi connectivity index (χ4n) is 1.76. The first-order chi connectivity index (χ1) is 14.0. The van der Waals surface area contributed by atoms with Crippen LogP contribution in [0.5, 0.6) is 0 Å². The van der Waals surface area contributed by atoms with Gasteiger partial charge in [0.1, 0.15) is 0 Å². The molecule has 4 N–H and O–H groups in total. The summed E-state index contributed by atoms with van der Waals surface area (Å²) in [6.07, 6.45) is -1.36. The van der Waals surface area contributed by atoms with Crippen molar-refractivity contribution in [1.29, 1.82) is 0 Å². The third-order valence-electron chi connectivity index (χ3n) is 3.60. The highest BCUT2D eigenvalue weighted by atomic mass is 16.6. The summed E-state index contributed by atoms with van der Waals surface area (Å²) in [5, 5.41) is 35.4. The molecule has 7 unspecified atom stereocenters.